The molecule has 6 heteroatoms. The molecule has 0 aliphatic rings. The van der Waals surface area contributed by atoms with E-state index in [1.807, 2.05) is 51.1 Å². The van der Waals surface area contributed by atoms with Crippen molar-refractivity contribution in [3.8, 4) is 0 Å². The van der Waals surface area contributed by atoms with Crippen molar-refractivity contribution in [2.45, 2.75) is 46.6 Å². The number of carboxylic acids is 1. The fourth-order valence-electron chi connectivity index (χ4n) is 3.09. The SMILES string of the molecule is CCC(C)C(Nc1nc(Cc2ccccc2)nc2sc(C)c(C)c12)C(=O)O. The minimum Gasteiger partial charge on any atom is -0.480 e. The van der Waals surface area contributed by atoms with E-state index in [1.165, 1.54) is 4.88 Å². The Bertz CT molecular complexity index is 953. The zero-order chi connectivity index (χ0) is 19.6. The van der Waals surface area contributed by atoms with Gasteiger partial charge in [0, 0.05) is 11.3 Å². The largest absolute Gasteiger partial charge is 0.480 e. The molecule has 2 unspecified atom stereocenters. The van der Waals surface area contributed by atoms with E-state index in [-0.39, 0.29) is 5.92 Å². The molecule has 3 aromatic rings. The molecule has 27 heavy (non-hydrogen) atoms. The van der Waals surface area contributed by atoms with E-state index in [2.05, 4.69) is 12.2 Å². The van der Waals surface area contributed by atoms with Crippen molar-refractivity contribution >= 4 is 33.3 Å². The van der Waals surface area contributed by atoms with Crippen LogP contribution in [0.15, 0.2) is 30.3 Å². The number of rotatable bonds is 7. The smallest absolute Gasteiger partial charge is 0.326 e. The average molecular weight is 384 g/mol. The molecule has 0 aliphatic carbocycles. The summed E-state index contributed by atoms with van der Waals surface area (Å²) in [4.78, 5) is 23.4. The van der Waals surface area contributed by atoms with Crippen molar-refractivity contribution in [3.05, 3.63) is 52.2 Å². The van der Waals surface area contributed by atoms with Gasteiger partial charge in [-0.05, 0) is 30.9 Å². The van der Waals surface area contributed by atoms with Crippen LogP contribution < -0.4 is 5.32 Å². The predicted octanol–water partition coefficient (Wildman–Crippen LogP) is 4.81. The number of aromatic nitrogens is 2. The molecule has 0 fully saturated rings. The van der Waals surface area contributed by atoms with Crippen molar-refractivity contribution in [1.82, 2.24) is 9.97 Å². The Morgan fingerprint density at radius 3 is 2.56 bits per heavy atom. The molecule has 5 nitrogen and oxygen atoms in total. The Kier molecular flexibility index (Phi) is 5.75. The van der Waals surface area contributed by atoms with Gasteiger partial charge in [-0.15, -0.1) is 11.3 Å². The van der Waals surface area contributed by atoms with Gasteiger partial charge in [0.1, 0.15) is 22.5 Å². The van der Waals surface area contributed by atoms with Crippen molar-refractivity contribution in [2.24, 2.45) is 5.92 Å². The summed E-state index contributed by atoms with van der Waals surface area (Å²) in [5, 5.41) is 13.8. The summed E-state index contributed by atoms with van der Waals surface area (Å²) in [6.45, 7) is 8.05. The van der Waals surface area contributed by atoms with Crippen LogP contribution in [0, 0.1) is 19.8 Å². The van der Waals surface area contributed by atoms with Crippen LogP contribution in [-0.2, 0) is 11.2 Å². The van der Waals surface area contributed by atoms with Gasteiger partial charge in [-0.1, -0.05) is 50.6 Å². The summed E-state index contributed by atoms with van der Waals surface area (Å²) in [6, 6.07) is 9.38. The van der Waals surface area contributed by atoms with Crippen LogP contribution in [0.2, 0.25) is 0 Å². The standard InChI is InChI=1S/C21H25N3O2S/c1-5-12(2)18(21(25)26)24-19-17-13(3)14(4)27-20(17)23-16(22-19)11-15-9-7-6-8-10-15/h6-10,12,18H,5,11H2,1-4H3,(H,25,26)(H,22,23,24). The van der Waals surface area contributed by atoms with Crippen molar-refractivity contribution in [1.29, 1.82) is 0 Å². The molecule has 0 radical (unpaired) electrons. The number of carbonyl (C=O) groups is 1. The molecule has 0 saturated heterocycles. The Morgan fingerprint density at radius 1 is 1.22 bits per heavy atom. The fraction of sp³-hybridized carbons (Fsp3) is 0.381. The number of benzene rings is 1. The van der Waals surface area contributed by atoms with Crippen LogP contribution in [0.25, 0.3) is 10.2 Å². The number of carboxylic acid groups (broad SMARTS) is 1. The molecule has 3 rings (SSSR count). The topological polar surface area (TPSA) is 75.1 Å². The first-order valence-corrected chi connectivity index (χ1v) is 10.0. The van der Waals surface area contributed by atoms with Crippen LogP contribution >= 0.6 is 11.3 Å². The van der Waals surface area contributed by atoms with Crippen LogP contribution in [0.3, 0.4) is 0 Å². The second-order valence-corrected chi connectivity index (χ2v) is 8.16. The predicted molar refractivity (Wildman–Crippen MR) is 111 cm³/mol. The lowest BCUT2D eigenvalue weighted by Gasteiger charge is -2.21. The monoisotopic (exact) mass is 383 g/mol. The third-order valence-electron chi connectivity index (χ3n) is 5.05. The van der Waals surface area contributed by atoms with Crippen molar-refractivity contribution in [3.63, 3.8) is 0 Å². The summed E-state index contributed by atoms with van der Waals surface area (Å²) in [6.07, 6.45) is 1.39. The number of hydrogen-bond donors (Lipinski definition) is 2. The number of fused-ring (bicyclic) bond motifs is 1. The lowest BCUT2D eigenvalue weighted by molar-refractivity contribution is -0.139. The number of hydrogen-bond acceptors (Lipinski definition) is 5. The first kappa shape index (κ1) is 19.3. The Hall–Kier alpha value is -2.47. The highest BCUT2D eigenvalue weighted by Crippen LogP contribution is 2.34. The molecule has 2 aromatic heterocycles. The van der Waals surface area contributed by atoms with Crippen LogP contribution in [0.4, 0.5) is 5.82 Å². The molecule has 0 aliphatic heterocycles. The molecule has 1 aromatic carbocycles. The summed E-state index contributed by atoms with van der Waals surface area (Å²) in [5.41, 5.74) is 2.24. The van der Waals surface area contributed by atoms with E-state index in [9.17, 15) is 9.90 Å². The summed E-state index contributed by atoms with van der Waals surface area (Å²) in [5.74, 6) is 0.460. The van der Waals surface area contributed by atoms with Crippen molar-refractivity contribution in [2.75, 3.05) is 5.32 Å². The zero-order valence-electron chi connectivity index (χ0n) is 16.1. The second-order valence-electron chi connectivity index (χ2n) is 6.96. The maximum absolute atomic E-state index is 11.8. The van der Waals surface area contributed by atoms with Gasteiger partial charge in [0.05, 0.1) is 5.39 Å². The second kappa shape index (κ2) is 8.05. The van der Waals surface area contributed by atoms with Crippen LogP contribution in [-0.4, -0.2) is 27.1 Å². The third kappa shape index (κ3) is 4.11. The van der Waals surface area contributed by atoms with E-state index in [0.717, 1.165) is 27.8 Å². The number of anilines is 1. The van der Waals surface area contributed by atoms with Crippen molar-refractivity contribution < 1.29 is 9.90 Å². The Labute approximate surface area is 163 Å². The summed E-state index contributed by atoms with van der Waals surface area (Å²) in [7, 11) is 0. The minimum atomic E-state index is -0.856. The van der Waals surface area contributed by atoms with Gasteiger partial charge in [-0.2, -0.15) is 0 Å². The molecule has 0 spiro atoms. The van der Waals surface area contributed by atoms with Gasteiger partial charge in [0.25, 0.3) is 0 Å². The first-order valence-electron chi connectivity index (χ1n) is 9.20. The molecule has 2 atom stereocenters. The number of nitrogens with one attached hydrogen (secondary N) is 1. The van der Waals surface area contributed by atoms with E-state index in [1.54, 1.807) is 11.3 Å². The first-order chi connectivity index (χ1) is 12.9. The fourth-order valence-corrected chi connectivity index (χ4v) is 4.13. The summed E-state index contributed by atoms with van der Waals surface area (Å²) < 4.78 is 0. The molecule has 0 bridgehead atoms. The average Bonchev–Trinajstić information content (AvgIpc) is 2.93. The van der Waals surface area contributed by atoms with Gasteiger partial charge >= 0.3 is 5.97 Å². The molecule has 2 N–H and O–H groups in total. The quantitative estimate of drug-likeness (QED) is 0.612. The molecule has 0 amide bonds. The molecular formula is C21H25N3O2S. The molecule has 142 valence electrons. The van der Waals surface area contributed by atoms with Crippen LogP contribution in [0.5, 0.6) is 0 Å². The van der Waals surface area contributed by atoms with E-state index >= 15 is 0 Å². The van der Waals surface area contributed by atoms with Gasteiger partial charge in [0.15, 0.2) is 0 Å². The molecule has 2 heterocycles. The Morgan fingerprint density at radius 2 is 1.93 bits per heavy atom. The maximum atomic E-state index is 11.8. The normalized spacial score (nSPS) is 13.5. The lowest BCUT2D eigenvalue weighted by atomic mass is 9.99. The van der Waals surface area contributed by atoms with E-state index in [0.29, 0.717) is 18.1 Å². The Balaban J connectivity index is 2.07. The highest BCUT2D eigenvalue weighted by atomic mass is 32.1. The maximum Gasteiger partial charge on any atom is 0.326 e. The number of nitrogens with zero attached hydrogens (tertiary/aromatic N) is 2. The lowest BCUT2D eigenvalue weighted by Crippen LogP contribution is -2.35. The zero-order valence-corrected chi connectivity index (χ0v) is 16.9. The minimum absolute atomic E-state index is 0.00914. The molecular weight excluding hydrogens is 358 g/mol. The third-order valence-corrected chi connectivity index (χ3v) is 6.15. The number of aliphatic carboxylic acids is 1. The van der Waals surface area contributed by atoms with Gasteiger partial charge in [-0.25, -0.2) is 14.8 Å². The van der Waals surface area contributed by atoms with E-state index < -0.39 is 12.0 Å². The molecule has 0 saturated carbocycles. The van der Waals surface area contributed by atoms with E-state index in [4.69, 9.17) is 9.97 Å². The number of aryl methyl sites for hydroxylation is 2. The highest BCUT2D eigenvalue weighted by Gasteiger charge is 2.26. The van der Waals surface area contributed by atoms with Gasteiger partial charge < -0.3 is 10.4 Å². The van der Waals surface area contributed by atoms with Gasteiger partial charge in [-0.3, -0.25) is 0 Å². The van der Waals surface area contributed by atoms with Crippen LogP contribution in [0.1, 0.15) is 42.1 Å². The number of thiophene rings is 1. The highest BCUT2D eigenvalue weighted by molar-refractivity contribution is 7.18. The summed E-state index contributed by atoms with van der Waals surface area (Å²) >= 11 is 1.63. The van der Waals surface area contributed by atoms with Gasteiger partial charge in [0.2, 0.25) is 0 Å².